The molecule has 22 heavy (non-hydrogen) atoms. The Morgan fingerprint density at radius 3 is 2.73 bits per heavy atom. The second-order valence-electron chi connectivity index (χ2n) is 5.80. The first-order chi connectivity index (χ1) is 10.3. The number of rotatable bonds is 7. The van der Waals surface area contributed by atoms with Crippen molar-refractivity contribution in [3.8, 4) is 0 Å². The van der Waals surface area contributed by atoms with Crippen LogP contribution in [0, 0.1) is 5.82 Å². The number of aliphatic hydroxyl groups is 1. The fraction of sp³-hybridized carbons (Fsp3) is 0.600. The highest BCUT2D eigenvalue weighted by Crippen LogP contribution is 2.27. The Hall–Kier alpha value is -1.02. The summed E-state index contributed by atoms with van der Waals surface area (Å²) in [5.74, 6) is -0.315. The van der Waals surface area contributed by atoms with E-state index in [1.807, 2.05) is 0 Å². The molecule has 7 heteroatoms. The molecule has 2 rings (SSSR count). The van der Waals surface area contributed by atoms with E-state index < -0.39 is 16.1 Å². The van der Waals surface area contributed by atoms with Crippen LogP contribution in [0.3, 0.4) is 0 Å². The Kier molecular flexibility index (Phi) is 5.91. The molecule has 1 heterocycles. The molecule has 1 aliphatic rings. The lowest BCUT2D eigenvalue weighted by Gasteiger charge is -2.26. The fourth-order valence-electron chi connectivity index (χ4n) is 2.91. The summed E-state index contributed by atoms with van der Waals surface area (Å²) in [6, 6.07) is 6.12. The van der Waals surface area contributed by atoms with Crippen molar-refractivity contribution in [2.45, 2.75) is 31.4 Å². The lowest BCUT2D eigenvalue weighted by Crippen LogP contribution is -2.37. The first-order valence-corrected chi connectivity index (χ1v) is 9.36. The average molecular weight is 330 g/mol. The molecule has 2 atom stereocenters. The molecule has 1 aromatic rings. The van der Waals surface area contributed by atoms with Gasteiger partial charge in [-0.2, -0.15) is 0 Å². The number of sulfonamides is 1. The summed E-state index contributed by atoms with van der Waals surface area (Å²) < 4.78 is 37.5. The molecule has 0 spiro atoms. The minimum Gasteiger partial charge on any atom is -0.388 e. The lowest BCUT2D eigenvalue weighted by atomic mass is 10.0. The molecule has 2 N–H and O–H groups in total. The minimum atomic E-state index is -3.16. The molecule has 0 saturated carbocycles. The van der Waals surface area contributed by atoms with E-state index in [9.17, 15) is 17.9 Å². The molecular weight excluding hydrogens is 307 g/mol. The van der Waals surface area contributed by atoms with Gasteiger partial charge in [0.2, 0.25) is 10.0 Å². The number of halogens is 1. The molecule has 1 saturated heterocycles. The van der Waals surface area contributed by atoms with Gasteiger partial charge in [-0.25, -0.2) is 17.5 Å². The second-order valence-corrected chi connectivity index (χ2v) is 7.63. The molecule has 1 aromatic carbocycles. The van der Waals surface area contributed by atoms with Crippen LogP contribution in [0.2, 0.25) is 0 Å². The maximum atomic E-state index is 12.9. The maximum absolute atomic E-state index is 12.9. The number of hydrogen-bond donors (Lipinski definition) is 2. The Balaban J connectivity index is 1.86. The summed E-state index contributed by atoms with van der Waals surface area (Å²) in [7, 11) is -3.16. The molecule has 1 fully saturated rings. The van der Waals surface area contributed by atoms with Gasteiger partial charge in [-0.05, 0) is 43.5 Å². The van der Waals surface area contributed by atoms with Crippen molar-refractivity contribution in [3.63, 3.8) is 0 Å². The van der Waals surface area contributed by atoms with E-state index >= 15 is 0 Å². The fourth-order valence-corrected chi connectivity index (χ4v) is 3.37. The van der Waals surface area contributed by atoms with Gasteiger partial charge in [0, 0.05) is 19.1 Å². The van der Waals surface area contributed by atoms with Gasteiger partial charge in [-0.3, -0.25) is 4.90 Å². The topological polar surface area (TPSA) is 69.6 Å². The van der Waals surface area contributed by atoms with E-state index in [0.29, 0.717) is 25.1 Å². The van der Waals surface area contributed by atoms with E-state index in [1.165, 1.54) is 12.1 Å². The van der Waals surface area contributed by atoms with Crippen LogP contribution in [0.1, 0.15) is 30.9 Å². The van der Waals surface area contributed by atoms with Crippen LogP contribution in [-0.4, -0.2) is 50.4 Å². The van der Waals surface area contributed by atoms with Crippen molar-refractivity contribution in [2.24, 2.45) is 0 Å². The van der Waals surface area contributed by atoms with Crippen LogP contribution in [0.15, 0.2) is 24.3 Å². The second kappa shape index (κ2) is 7.50. The third-order valence-corrected chi connectivity index (χ3v) is 4.74. The minimum absolute atomic E-state index is 0.224. The number of likely N-dealkylation sites (tertiary alicyclic amines) is 1. The van der Waals surface area contributed by atoms with Gasteiger partial charge in [0.1, 0.15) is 5.82 Å². The van der Waals surface area contributed by atoms with Gasteiger partial charge in [-0.1, -0.05) is 12.1 Å². The zero-order valence-corrected chi connectivity index (χ0v) is 13.5. The van der Waals surface area contributed by atoms with Crippen molar-refractivity contribution in [3.05, 3.63) is 35.6 Å². The van der Waals surface area contributed by atoms with Crippen LogP contribution < -0.4 is 4.72 Å². The SMILES string of the molecule is CS(=O)(=O)NCCN1CCCC1CC(O)c1ccc(F)cc1. The third-order valence-electron chi connectivity index (χ3n) is 4.01. The Labute approximate surface area is 131 Å². The maximum Gasteiger partial charge on any atom is 0.208 e. The Morgan fingerprint density at radius 1 is 1.41 bits per heavy atom. The first-order valence-electron chi connectivity index (χ1n) is 7.47. The summed E-state index contributed by atoms with van der Waals surface area (Å²) in [6.07, 6.45) is 3.11. The Bertz CT molecular complexity index is 577. The Morgan fingerprint density at radius 2 is 2.09 bits per heavy atom. The first kappa shape index (κ1) is 17.3. The third kappa shape index (κ3) is 5.31. The summed E-state index contributed by atoms with van der Waals surface area (Å²) in [5, 5.41) is 10.3. The van der Waals surface area contributed by atoms with E-state index in [0.717, 1.165) is 25.6 Å². The molecule has 5 nitrogen and oxygen atoms in total. The van der Waals surface area contributed by atoms with Crippen molar-refractivity contribution in [2.75, 3.05) is 25.9 Å². The molecule has 0 aromatic heterocycles. The number of benzene rings is 1. The van der Waals surface area contributed by atoms with E-state index in [4.69, 9.17) is 0 Å². The van der Waals surface area contributed by atoms with E-state index in [2.05, 4.69) is 9.62 Å². The van der Waals surface area contributed by atoms with Crippen LogP contribution in [0.25, 0.3) is 0 Å². The molecule has 2 unspecified atom stereocenters. The lowest BCUT2D eigenvalue weighted by molar-refractivity contribution is 0.121. The van der Waals surface area contributed by atoms with Gasteiger partial charge in [0.05, 0.1) is 12.4 Å². The molecular formula is C15H23FN2O3S. The van der Waals surface area contributed by atoms with Gasteiger partial charge in [-0.15, -0.1) is 0 Å². The summed E-state index contributed by atoms with van der Waals surface area (Å²) in [5.41, 5.74) is 0.711. The van der Waals surface area contributed by atoms with Crippen LogP contribution in [0.4, 0.5) is 4.39 Å². The van der Waals surface area contributed by atoms with Crippen molar-refractivity contribution < 1.29 is 17.9 Å². The van der Waals surface area contributed by atoms with E-state index in [-0.39, 0.29) is 11.9 Å². The molecule has 0 bridgehead atoms. The summed E-state index contributed by atoms with van der Waals surface area (Å²) in [6.45, 7) is 1.92. The quantitative estimate of drug-likeness (QED) is 0.790. The van der Waals surface area contributed by atoms with Crippen LogP contribution >= 0.6 is 0 Å². The van der Waals surface area contributed by atoms with Gasteiger partial charge in [0.25, 0.3) is 0 Å². The number of hydrogen-bond acceptors (Lipinski definition) is 4. The zero-order valence-electron chi connectivity index (χ0n) is 12.7. The molecule has 0 amide bonds. The molecule has 1 aliphatic heterocycles. The normalized spacial score (nSPS) is 21.1. The zero-order chi connectivity index (χ0) is 16.2. The van der Waals surface area contributed by atoms with Crippen molar-refractivity contribution >= 4 is 10.0 Å². The molecule has 0 radical (unpaired) electrons. The van der Waals surface area contributed by atoms with Gasteiger partial charge >= 0.3 is 0 Å². The highest BCUT2D eigenvalue weighted by Gasteiger charge is 2.26. The highest BCUT2D eigenvalue weighted by molar-refractivity contribution is 7.88. The monoisotopic (exact) mass is 330 g/mol. The van der Waals surface area contributed by atoms with Gasteiger partial charge < -0.3 is 5.11 Å². The van der Waals surface area contributed by atoms with Crippen LogP contribution in [0.5, 0.6) is 0 Å². The number of aliphatic hydroxyl groups excluding tert-OH is 1. The molecule has 124 valence electrons. The molecule has 0 aliphatic carbocycles. The largest absolute Gasteiger partial charge is 0.388 e. The number of nitrogens with one attached hydrogen (secondary N) is 1. The van der Waals surface area contributed by atoms with Crippen molar-refractivity contribution in [1.82, 2.24) is 9.62 Å². The predicted octanol–water partition coefficient (Wildman–Crippen LogP) is 1.26. The smallest absolute Gasteiger partial charge is 0.208 e. The summed E-state index contributed by atoms with van der Waals surface area (Å²) in [4.78, 5) is 2.20. The predicted molar refractivity (Wildman–Crippen MR) is 83.4 cm³/mol. The number of nitrogens with zero attached hydrogens (tertiary/aromatic N) is 1. The van der Waals surface area contributed by atoms with Crippen LogP contribution in [-0.2, 0) is 10.0 Å². The van der Waals surface area contributed by atoms with Gasteiger partial charge in [0.15, 0.2) is 0 Å². The standard InChI is InChI=1S/C15H23FN2O3S/c1-22(20,21)17-8-10-18-9-2-3-14(18)11-15(19)12-4-6-13(16)7-5-12/h4-7,14-15,17,19H,2-3,8-11H2,1H3. The summed E-state index contributed by atoms with van der Waals surface area (Å²) >= 11 is 0. The van der Waals surface area contributed by atoms with Crippen molar-refractivity contribution in [1.29, 1.82) is 0 Å². The average Bonchev–Trinajstić information content (AvgIpc) is 2.85. The highest BCUT2D eigenvalue weighted by atomic mass is 32.2. The van der Waals surface area contributed by atoms with E-state index in [1.54, 1.807) is 12.1 Å².